The zero-order chi connectivity index (χ0) is 20.7. The maximum Gasteiger partial charge on any atom is 0.283 e. The lowest BCUT2D eigenvalue weighted by molar-refractivity contribution is 0.444. The van der Waals surface area contributed by atoms with Crippen LogP contribution >= 0.6 is 0 Å². The van der Waals surface area contributed by atoms with Gasteiger partial charge < -0.3 is 0 Å². The molecule has 0 aliphatic carbocycles. The molecule has 0 aliphatic rings. The van der Waals surface area contributed by atoms with E-state index in [1.54, 1.807) is 26.0 Å². The molecule has 0 saturated carbocycles. The van der Waals surface area contributed by atoms with Crippen LogP contribution in [0.2, 0.25) is 0 Å². The molecule has 0 atom stereocenters. The number of rotatable bonds is 6. The molecule has 0 spiro atoms. The summed E-state index contributed by atoms with van der Waals surface area (Å²) in [4.78, 5) is 0.00384. The van der Waals surface area contributed by atoms with Gasteiger partial charge in [-0.1, -0.05) is 44.2 Å². The summed E-state index contributed by atoms with van der Waals surface area (Å²) in [6, 6.07) is 12.2. The molecule has 2 aromatic carbocycles. The number of hydrogen-bond donors (Lipinski definition) is 0. The van der Waals surface area contributed by atoms with E-state index in [4.69, 9.17) is 0 Å². The first-order valence-corrected chi connectivity index (χ1v) is 11.8. The largest absolute Gasteiger partial charge is 0.283 e. The number of nitrogens with zero attached hydrogens (tertiary/aromatic N) is 3. The Labute approximate surface area is 165 Å². The first-order chi connectivity index (χ1) is 13.1. The molecule has 0 N–H and O–H groups in total. The van der Waals surface area contributed by atoms with Crippen molar-refractivity contribution in [1.82, 2.24) is 13.5 Å². The molecular weight excluding hydrogens is 398 g/mol. The van der Waals surface area contributed by atoms with E-state index in [-0.39, 0.29) is 21.2 Å². The van der Waals surface area contributed by atoms with Gasteiger partial charge in [0.1, 0.15) is 4.90 Å². The SMILES string of the molecule is CCN(CC)S(=O)(=O)c1c(C)nn(S(=O)(=O)c2ccc3ccccc3c2)c1C. The van der Waals surface area contributed by atoms with Crippen molar-refractivity contribution in [3.8, 4) is 0 Å². The van der Waals surface area contributed by atoms with Gasteiger partial charge in [-0.15, -0.1) is 0 Å². The maximum absolute atomic E-state index is 13.2. The van der Waals surface area contributed by atoms with Crippen LogP contribution in [0.4, 0.5) is 0 Å². The quantitative estimate of drug-likeness (QED) is 0.610. The third kappa shape index (κ3) is 3.23. The van der Waals surface area contributed by atoms with E-state index in [0.29, 0.717) is 13.1 Å². The van der Waals surface area contributed by atoms with Gasteiger partial charge in [-0.05, 0) is 36.8 Å². The minimum absolute atomic E-state index is 0.0550. The molecule has 0 fully saturated rings. The monoisotopic (exact) mass is 421 g/mol. The van der Waals surface area contributed by atoms with Crippen LogP contribution in [-0.4, -0.2) is 43.4 Å². The van der Waals surface area contributed by atoms with E-state index in [1.165, 1.54) is 24.2 Å². The fourth-order valence-corrected chi connectivity index (χ4v) is 6.60. The van der Waals surface area contributed by atoms with Crippen molar-refractivity contribution in [1.29, 1.82) is 0 Å². The van der Waals surface area contributed by atoms with Crippen molar-refractivity contribution < 1.29 is 16.8 Å². The van der Waals surface area contributed by atoms with Crippen molar-refractivity contribution in [2.45, 2.75) is 37.5 Å². The van der Waals surface area contributed by atoms with Crippen LogP contribution in [0.25, 0.3) is 10.8 Å². The second-order valence-electron chi connectivity index (χ2n) is 6.45. The first kappa shape index (κ1) is 20.5. The van der Waals surface area contributed by atoms with Crippen molar-refractivity contribution in [2.75, 3.05) is 13.1 Å². The third-order valence-electron chi connectivity index (χ3n) is 4.73. The van der Waals surface area contributed by atoms with Crippen molar-refractivity contribution in [3.05, 3.63) is 53.9 Å². The Hall–Kier alpha value is -2.23. The second kappa shape index (κ2) is 7.31. The molecule has 0 radical (unpaired) electrons. The highest BCUT2D eigenvalue weighted by Crippen LogP contribution is 2.27. The Morgan fingerprint density at radius 2 is 1.54 bits per heavy atom. The summed E-state index contributed by atoms with van der Waals surface area (Å²) in [6.07, 6.45) is 0. The highest BCUT2D eigenvalue weighted by Gasteiger charge is 2.32. The molecule has 7 nitrogen and oxygen atoms in total. The number of fused-ring (bicyclic) bond motifs is 1. The van der Waals surface area contributed by atoms with Crippen molar-refractivity contribution >= 4 is 30.8 Å². The van der Waals surface area contributed by atoms with E-state index < -0.39 is 20.0 Å². The van der Waals surface area contributed by atoms with E-state index in [0.717, 1.165) is 14.9 Å². The predicted molar refractivity (Wildman–Crippen MR) is 108 cm³/mol. The van der Waals surface area contributed by atoms with Crippen LogP contribution in [0.5, 0.6) is 0 Å². The Balaban J connectivity index is 2.18. The molecule has 0 aliphatic heterocycles. The zero-order valence-corrected chi connectivity index (χ0v) is 17.9. The van der Waals surface area contributed by atoms with Gasteiger partial charge in [0, 0.05) is 13.1 Å². The normalized spacial score (nSPS) is 12.8. The number of sulfonamides is 1. The van der Waals surface area contributed by atoms with Crippen LogP contribution in [0, 0.1) is 13.8 Å². The first-order valence-electron chi connectivity index (χ1n) is 8.95. The highest BCUT2D eigenvalue weighted by molar-refractivity contribution is 7.90. The van der Waals surface area contributed by atoms with Gasteiger partial charge in [0.2, 0.25) is 10.0 Å². The Morgan fingerprint density at radius 3 is 2.14 bits per heavy atom. The summed E-state index contributed by atoms with van der Waals surface area (Å²) in [5, 5.41) is 5.77. The predicted octanol–water partition coefficient (Wildman–Crippen LogP) is 2.92. The molecule has 0 unspecified atom stereocenters. The van der Waals surface area contributed by atoms with Crippen LogP contribution < -0.4 is 0 Å². The maximum atomic E-state index is 13.2. The summed E-state index contributed by atoms with van der Waals surface area (Å²) in [7, 11) is -7.87. The fraction of sp³-hybridized carbons (Fsp3) is 0.316. The number of aromatic nitrogens is 2. The lowest BCUT2D eigenvalue weighted by Gasteiger charge is -2.18. The van der Waals surface area contributed by atoms with Crippen LogP contribution in [0.1, 0.15) is 25.2 Å². The summed E-state index contributed by atoms with van der Waals surface area (Å²) >= 11 is 0. The Kier molecular flexibility index (Phi) is 5.35. The summed E-state index contributed by atoms with van der Waals surface area (Å²) in [6.45, 7) is 7.04. The molecule has 0 amide bonds. The second-order valence-corrected chi connectivity index (χ2v) is 10.1. The van der Waals surface area contributed by atoms with Gasteiger partial charge in [-0.25, -0.2) is 8.42 Å². The summed E-state index contributed by atoms with van der Waals surface area (Å²) < 4.78 is 54.4. The molecule has 1 heterocycles. The smallest absolute Gasteiger partial charge is 0.207 e. The third-order valence-corrected chi connectivity index (χ3v) is 8.70. The van der Waals surface area contributed by atoms with Gasteiger partial charge in [-0.3, -0.25) is 0 Å². The van der Waals surface area contributed by atoms with Crippen LogP contribution in [0.15, 0.2) is 52.3 Å². The van der Waals surface area contributed by atoms with Gasteiger partial charge in [0.25, 0.3) is 10.0 Å². The number of benzene rings is 2. The average molecular weight is 422 g/mol. The summed E-state index contributed by atoms with van der Waals surface area (Å²) in [5.74, 6) is 0. The molecule has 28 heavy (non-hydrogen) atoms. The molecule has 9 heteroatoms. The van der Waals surface area contributed by atoms with E-state index >= 15 is 0 Å². The van der Waals surface area contributed by atoms with Gasteiger partial charge in [-0.2, -0.15) is 21.9 Å². The number of hydrogen-bond acceptors (Lipinski definition) is 5. The van der Waals surface area contributed by atoms with Gasteiger partial charge in [0.05, 0.1) is 16.3 Å². The molecule has 0 saturated heterocycles. The minimum atomic E-state index is -4.04. The topological polar surface area (TPSA) is 89.3 Å². The number of aryl methyl sites for hydroxylation is 1. The molecule has 3 aromatic rings. The summed E-state index contributed by atoms with van der Waals surface area (Å²) in [5.41, 5.74) is 0.242. The van der Waals surface area contributed by atoms with Gasteiger partial charge >= 0.3 is 0 Å². The average Bonchev–Trinajstić information content (AvgIpc) is 2.97. The van der Waals surface area contributed by atoms with Gasteiger partial charge in [0.15, 0.2) is 0 Å². The zero-order valence-electron chi connectivity index (χ0n) is 16.2. The Bertz CT molecular complexity index is 1240. The van der Waals surface area contributed by atoms with E-state index in [1.807, 2.05) is 24.3 Å². The standard InChI is InChI=1S/C19H23N3O4S2/c1-5-21(6-2)28(25,26)19-14(3)20-22(15(19)4)27(23,24)18-12-11-16-9-7-8-10-17(16)13-18/h7-13H,5-6H2,1-4H3. The molecule has 3 rings (SSSR count). The van der Waals surface area contributed by atoms with Crippen molar-refractivity contribution in [2.24, 2.45) is 0 Å². The minimum Gasteiger partial charge on any atom is -0.207 e. The Morgan fingerprint density at radius 1 is 0.929 bits per heavy atom. The lowest BCUT2D eigenvalue weighted by Crippen LogP contribution is -2.31. The van der Waals surface area contributed by atoms with E-state index in [9.17, 15) is 16.8 Å². The molecular formula is C19H23N3O4S2. The van der Waals surface area contributed by atoms with Crippen LogP contribution in [0.3, 0.4) is 0 Å². The van der Waals surface area contributed by atoms with Crippen molar-refractivity contribution in [3.63, 3.8) is 0 Å². The van der Waals surface area contributed by atoms with Crippen LogP contribution in [-0.2, 0) is 20.0 Å². The highest BCUT2D eigenvalue weighted by atomic mass is 32.2. The fourth-order valence-electron chi connectivity index (χ4n) is 3.33. The molecule has 150 valence electrons. The lowest BCUT2D eigenvalue weighted by atomic mass is 10.1. The molecule has 0 bridgehead atoms. The van der Waals surface area contributed by atoms with E-state index in [2.05, 4.69) is 5.10 Å². The molecule has 1 aromatic heterocycles.